The van der Waals surface area contributed by atoms with Crippen molar-refractivity contribution in [2.75, 3.05) is 20.3 Å². The van der Waals surface area contributed by atoms with Crippen LogP contribution in [0.15, 0.2) is 18.2 Å². The fraction of sp³-hybridized carbons (Fsp3) is 0.562. The van der Waals surface area contributed by atoms with Gasteiger partial charge >= 0.3 is 5.97 Å². The smallest absolute Gasteiger partial charge is 0.312 e. The highest BCUT2D eigenvalue weighted by Gasteiger charge is 2.28. The first-order chi connectivity index (χ1) is 9.90. The first-order valence-electron chi connectivity index (χ1n) is 7.14. The number of rotatable bonds is 9. The van der Waals surface area contributed by atoms with Crippen molar-refractivity contribution < 1.29 is 19.4 Å². The lowest BCUT2D eigenvalue weighted by molar-refractivity contribution is -0.148. The van der Waals surface area contributed by atoms with E-state index in [0.717, 1.165) is 25.1 Å². The molecule has 0 bridgehead atoms. The van der Waals surface area contributed by atoms with Crippen molar-refractivity contribution in [3.63, 3.8) is 0 Å². The number of carboxylic acid groups (broad SMARTS) is 1. The summed E-state index contributed by atoms with van der Waals surface area (Å²) in [5, 5.41) is 12.4. The molecule has 0 amide bonds. The molecule has 0 aromatic heterocycles. The minimum absolute atomic E-state index is 0.0894. The molecule has 21 heavy (non-hydrogen) atoms. The van der Waals surface area contributed by atoms with Crippen LogP contribution in [0.2, 0.25) is 0 Å². The largest absolute Gasteiger partial charge is 0.493 e. The maximum atomic E-state index is 11.1. The van der Waals surface area contributed by atoms with E-state index in [4.69, 9.17) is 14.6 Å². The summed E-state index contributed by atoms with van der Waals surface area (Å²) in [5.74, 6) is 0.292. The van der Waals surface area contributed by atoms with Gasteiger partial charge in [-0.25, -0.2) is 0 Å². The van der Waals surface area contributed by atoms with Crippen LogP contribution in [0.25, 0.3) is 0 Å². The van der Waals surface area contributed by atoms with Crippen LogP contribution in [0.4, 0.5) is 0 Å². The predicted octanol–water partition coefficient (Wildman–Crippen LogP) is 2.68. The van der Waals surface area contributed by atoms with Crippen molar-refractivity contribution in [2.45, 2.75) is 33.7 Å². The standard InChI is InChI=1S/C16H25NO4/c1-5-8-17-10-12-6-7-13(14(9-12)20-4)21-11-16(2,3)15(18)19/h6-7,9,17H,5,8,10-11H2,1-4H3,(H,18,19). The quantitative estimate of drug-likeness (QED) is 0.686. The second-order valence-corrected chi connectivity index (χ2v) is 5.64. The lowest BCUT2D eigenvalue weighted by Gasteiger charge is -2.20. The number of carboxylic acids is 1. The van der Waals surface area contributed by atoms with Crippen LogP contribution in [-0.4, -0.2) is 31.3 Å². The maximum Gasteiger partial charge on any atom is 0.312 e. The number of hydrogen-bond acceptors (Lipinski definition) is 4. The monoisotopic (exact) mass is 295 g/mol. The molecule has 0 heterocycles. The number of ether oxygens (including phenoxy) is 2. The van der Waals surface area contributed by atoms with Gasteiger partial charge in [0.25, 0.3) is 0 Å². The zero-order chi connectivity index (χ0) is 15.9. The molecule has 0 unspecified atom stereocenters. The van der Waals surface area contributed by atoms with E-state index in [9.17, 15) is 4.79 Å². The van der Waals surface area contributed by atoms with E-state index in [1.165, 1.54) is 0 Å². The van der Waals surface area contributed by atoms with Gasteiger partial charge in [-0.15, -0.1) is 0 Å². The number of methoxy groups -OCH3 is 1. The molecular formula is C16H25NO4. The van der Waals surface area contributed by atoms with Gasteiger partial charge in [-0.1, -0.05) is 13.0 Å². The average Bonchev–Trinajstić information content (AvgIpc) is 2.45. The van der Waals surface area contributed by atoms with Gasteiger partial charge in [0.15, 0.2) is 11.5 Å². The summed E-state index contributed by atoms with van der Waals surface area (Å²) in [7, 11) is 1.58. The predicted molar refractivity (Wildman–Crippen MR) is 81.9 cm³/mol. The first-order valence-corrected chi connectivity index (χ1v) is 7.14. The van der Waals surface area contributed by atoms with Crippen molar-refractivity contribution >= 4 is 5.97 Å². The van der Waals surface area contributed by atoms with Gasteiger partial charge in [0.05, 0.1) is 12.5 Å². The molecule has 0 radical (unpaired) electrons. The third kappa shape index (κ3) is 5.27. The van der Waals surface area contributed by atoms with Gasteiger partial charge in [0, 0.05) is 6.54 Å². The number of carbonyl (C=O) groups is 1. The van der Waals surface area contributed by atoms with Crippen LogP contribution in [0.1, 0.15) is 32.8 Å². The Morgan fingerprint density at radius 2 is 2.05 bits per heavy atom. The van der Waals surface area contributed by atoms with Crippen LogP contribution in [0.3, 0.4) is 0 Å². The highest BCUT2D eigenvalue weighted by atomic mass is 16.5. The molecule has 0 atom stereocenters. The second kappa shape index (κ2) is 7.88. The summed E-state index contributed by atoms with van der Waals surface area (Å²) in [4.78, 5) is 11.1. The number of benzene rings is 1. The maximum absolute atomic E-state index is 11.1. The third-order valence-electron chi connectivity index (χ3n) is 3.15. The fourth-order valence-electron chi connectivity index (χ4n) is 1.67. The van der Waals surface area contributed by atoms with Gasteiger partial charge in [0.1, 0.15) is 6.61 Å². The molecule has 2 N–H and O–H groups in total. The molecule has 0 spiro atoms. The molecule has 118 valence electrons. The Balaban J connectivity index is 2.72. The highest BCUT2D eigenvalue weighted by Crippen LogP contribution is 2.29. The Bertz CT molecular complexity index is 471. The van der Waals surface area contributed by atoms with E-state index in [1.54, 1.807) is 21.0 Å². The normalized spacial score (nSPS) is 11.2. The molecule has 0 aliphatic carbocycles. The molecule has 5 nitrogen and oxygen atoms in total. The van der Waals surface area contributed by atoms with Crippen molar-refractivity contribution in [3.05, 3.63) is 23.8 Å². The van der Waals surface area contributed by atoms with Gasteiger partial charge in [-0.2, -0.15) is 0 Å². The SMILES string of the molecule is CCCNCc1ccc(OCC(C)(C)C(=O)O)c(OC)c1. The van der Waals surface area contributed by atoms with Crippen LogP contribution >= 0.6 is 0 Å². The van der Waals surface area contributed by atoms with E-state index in [-0.39, 0.29) is 6.61 Å². The average molecular weight is 295 g/mol. The van der Waals surface area contributed by atoms with E-state index in [1.807, 2.05) is 18.2 Å². The van der Waals surface area contributed by atoms with Gasteiger partial charge in [0.2, 0.25) is 0 Å². The third-order valence-corrected chi connectivity index (χ3v) is 3.15. The molecule has 5 heteroatoms. The summed E-state index contributed by atoms with van der Waals surface area (Å²) in [6, 6.07) is 5.68. The van der Waals surface area contributed by atoms with Crippen LogP contribution in [-0.2, 0) is 11.3 Å². The Morgan fingerprint density at radius 3 is 2.62 bits per heavy atom. The summed E-state index contributed by atoms with van der Waals surface area (Å²) in [6.45, 7) is 7.20. The molecule has 1 aromatic carbocycles. The van der Waals surface area contributed by atoms with Crippen molar-refractivity contribution in [1.29, 1.82) is 0 Å². The molecule has 0 saturated heterocycles. The zero-order valence-corrected chi connectivity index (χ0v) is 13.2. The number of aliphatic carboxylic acids is 1. The zero-order valence-electron chi connectivity index (χ0n) is 13.2. The Hall–Kier alpha value is -1.75. The van der Waals surface area contributed by atoms with E-state index in [0.29, 0.717) is 11.5 Å². The summed E-state index contributed by atoms with van der Waals surface area (Å²) >= 11 is 0. The Kier molecular flexibility index (Phi) is 6.49. The summed E-state index contributed by atoms with van der Waals surface area (Å²) in [6.07, 6.45) is 1.09. The molecule has 0 fully saturated rings. The van der Waals surface area contributed by atoms with Crippen LogP contribution < -0.4 is 14.8 Å². The van der Waals surface area contributed by atoms with Crippen molar-refractivity contribution in [2.24, 2.45) is 5.41 Å². The second-order valence-electron chi connectivity index (χ2n) is 5.64. The molecular weight excluding hydrogens is 270 g/mol. The van der Waals surface area contributed by atoms with Crippen LogP contribution in [0, 0.1) is 5.41 Å². The molecule has 1 aromatic rings. The molecule has 0 aliphatic rings. The minimum Gasteiger partial charge on any atom is -0.493 e. The van der Waals surface area contributed by atoms with E-state index >= 15 is 0 Å². The molecule has 1 rings (SSSR count). The molecule has 0 saturated carbocycles. The van der Waals surface area contributed by atoms with E-state index in [2.05, 4.69) is 12.2 Å². The van der Waals surface area contributed by atoms with Gasteiger partial charge in [-0.3, -0.25) is 4.79 Å². The summed E-state index contributed by atoms with van der Waals surface area (Å²) < 4.78 is 10.9. The fourth-order valence-corrected chi connectivity index (χ4v) is 1.67. The summed E-state index contributed by atoms with van der Waals surface area (Å²) in [5.41, 5.74) is 0.164. The topological polar surface area (TPSA) is 67.8 Å². The Labute approximate surface area is 126 Å². The highest BCUT2D eigenvalue weighted by molar-refractivity contribution is 5.73. The number of hydrogen-bond donors (Lipinski definition) is 2. The lowest BCUT2D eigenvalue weighted by Crippen LogP contribution is -2.30. The lowest BCUT2D eigenvalue weighted by atomic mass is 9.95. The van der Waals surface area contributed by atoms with Crippen molar-refractivity contribution in [3.8, 4) is 11.5 Å². The van der Waals surface area contributed by atoms with Crippen molar-refractivity contribution in [1.82, 2.24) is 5.32 Å². The van der Waals surface area contributed by atoms with Gasteiger partial charge in [-0.05, 0) is 44.5 Å². The Morgan fingerprint density at radius 1 is 1.33 bits per heavy atom. The van der Waals surface area contributed by atoms with Crippen LogP contribution in [0.5, 0.6) is 11.5 Å². The van der Waals surface area contributed by atoms with E-state index < -0.39 is 11.4 Å². The first kappa shape index (κ1) is 17.3. The number of nitrogens with one attached hydrogen (secondary N) is 1. The molecule has 0 aliphatic heterocycles. The minimum atomic E-state index is -0.938. The van der Waals surface area contributed by atoms with Gasteiger partial charge < -0.3 is 19.9 Å².